The molecule has 2 amide bonds. The van der Waals surface area contributed by atoms with Gasteiger partial charge in [-0.25, -0.2) is 0 Å². The molecular formula is C21H29NO3. The van der Waals surface area contributed by atoms with Crippen LogP contribution >= 0.6 is 0 Å². The van der Waals surface area contributed by atoms with Gasteiger partial charge < -0.3 is 4.74 Å². The van der Waals surface area contributed by atoms with Gasteiger partial charge in [0.25, 0.3) is 0 Å². The number of rotatable bonds is 4. The molecule has 0 aromatic rings. The molecule has 4 heteroatoms. The summed E-state index contributed by atoms with van der Waals surface area (Å²) in [5, 5.41) is 0. The van der Waals surface area contributed by atoms with Crippen LogP contribution in [0.25, 0.3) is 0 Å². The fraction of sp³-hybridized carbons (Fsp3) is 0.810. The summed E-state index contributed by atoms with van der Waals surface area (Å²) in [6, 6.07) is 0. The third-order valence-corrected chi connectivity index (χ3v) is 7.62. The SMILES string of the molecule is CC1=CC[C@H]2C(=O)N(CCOC34CC5CC(CC(C5)C3)C4)C(=O)[C@@H]2C1. The van der Waals surface area contributed by atoms with E-state index in [0.29, 0.717) is 13.2 Å². The Bertz CT molecular complexity index is 602. The Kier molecular flexibility index (Phi) is 3.64. The maximum atomic E-state index is 12.7. The number of fused-ring (bicyclic) bond motifs is 1. The first-order valence-electron chi connectivity index (χ1n) is 10.2. The molecule has 136 valence electrons. The van der Waals surface area contributed by atoms with Crippen molar-refractivity contribution in [3.63, 3.8) is 0 Å². The Morgan fingerprint density at radius 3 is 2.28 bits per heavy atom. The van der Waals surface area contributed by atoms with Gasteiger partial charge in [0.05, 0.1) is 30.6 Å². The predicted molar refractivity (Wildman–Crippen MR) is 93.5 cm³/mol. The van der Waals surface area contributed by atoms with Gasteiger partial charge in [0, 0.05) is 0 Å². The molecule has 1 saturated heterocycles. The quantitative estimate of drug-likeness (QED) is 0.581. The van der Waals surface area contributed by atoms with Gasteiger partial charge in [0.2, 0.25) is 11.8 Å². The average molecular weight is 343 g/mol. The zero-order valence-electron chi connectivity index (χ0n) is 15.2. The molecule has 0 aromatic heterocycles. The van der Waals surface area contributed by atoms with E-state index >= 15 is 0 Å². The molecule has 0 N–H and O–H groups in total. The fourth-order valence-electron chi connectivity index (χ4n) is 6.89. The summed E-state index contributed by atoms with van der Waals surface area (Å²) in [5.41, 5.74) is 1.31. The van der Waals surface area contributed by atoms with Gasteiger partial charge in [0.1, 0.15) is 0 Å². The van der Waals surface area contributed by atoms with E-state index in [1.54, 1.807) is 0 Å². The van der Waals surface area contributed by atoms with Crippen LogP contribution in [0, 0.1) is 29.6 Å². The largest absolute Gasteiger partial charge is 0.373 e. The minimum absolute atomic E-state index is 0.0351. The summed E-state index contributed by atoms with van der Waals surface area (Å²) in [7, 11) is 0. The van der Waals surface area contributed by atoms with E-state index in [-0.39, 0.29) is 29.3 Å². The molecule has 0 unspecified atom stereocenters. The van der Waals surface area contributed by atoms with Crippen molar-refractivity contribution in [2.45, 2.75) is 63.9 Å². The van der Waals surface area contributed by atoms with Crippen molar-refractivity contribution in [3.8, 4) is 0 Å². The molecule has 4 nitrogen and oxygen atoms in total. The number of amides is 2. The summed E-state index contributed by atoms with van der Waals surface area (Å²) in [5.74, 6) is 2.42. The number of hydrogen-bond donors (Lipinski definition) is 0. The zero-order chi connectivity index (χ0) is 17.2. The molecule has 25 heavy (non-hydrogen) atoms. The van der Waals surface area contributed by atoms with Crippen LogP contribution in [0.4, 0.5) is 0 Å². The van der Waals surface area contributed by atoms with Crippen molar-refractivity contribution in [1.82, 2.24) is 4.90 Å². The molecule has 5 aliphatic carbocycles. The lowest BCUT2D eigenvalue weighted by atomic mass is 9.54. The number of carbonyl (C=O) groups excluding carboxylic acids is 2. The smallest absolute Gasteiger partial charge is 0.233 e. The van der Waals surface area contributed by atoms with E-state index in [1.807, 2.05) is 0 Å². The van der Waals surface area contributed by atoms with Crippen LogP contribution in [0.5, 0.6) is 0 Å². The van der Waals surface area contributed by atoms with Crippen molar-refractivity contribution < 1.29 is 14.3 Å². The zero-order valence-corrected chi connectivity index (χ0v) is 15.2. The standard InChI is InChI=1S/C21H29NO3/c1-13-2-3-17-18(6-13)20(24)22(19(17)23)4-5-25-21-10-14-7-15(11-21)9-16(8-14)12-21/h2,14-18H,3-12H2,1H3/t14?,15?,16?,17-,18-,21?/m1/s1. The Morgan fingerprint density at radius 1 is 1.04 bits per heavy atom. The number of hydrogen-bond acceptors (Lipinski definition) is 3. The Morgan fingerprint density at radius 2 is 1.64 bits per heavy atom. The van der Waals surface area contributed by atoms with E-state index in [9.17, 15) is 9.59 Å². The molecule has 4 bridgehead atoms. The third kappa shape index (κ3) is 2.59. The normalized spacial score (nSPS) is 45.1. The fourth-order valence-corrected chi connectivity index (χ4v) is 6.89. The molecule has 1 heterocycles. The van der Waals surface area contributed by atoms with Crippen LogP contribution in [0.15, 0.2) is 11.6 Å². The lowest BCUT2D eigenvalue weighted by molar-refractivity contribution is -0.167. The first-order chi connectivity index (χ1) is 12.0. The van der Waals surface area contributed by atoms with Gasteiger partial charge in [-0.1, -0.05) is 11.6 Å². The van der Waals surface area contributed by atoms with Crippen LogP contribution in [0.1, 0.15) is 58.3 Å². The van der Waals surface area contributed by atoms with Crippen LogP contribution in [-0.4, -0.2) is 35.5 Å². The number of imide groups is 1. The topological polar surface area (TPSA) is 46.6 Å². The molecule has 1 aliphatic heterocycles. The first kappa shape index (κ1) is 16.0. The van der Waals surface area contributed by atoms with Crippen LogP contribution in [-0.2, 0) is 14.3 Å². The molecule has 0 aromatic carbocycles. The molecule has 0 spiro atoms. The van der Waals surface area contributed by atoms with E-state index in [0.717, 1.165) is 30.6 Å². The average Bonchev–Trinajstić information content (AvgIpc) is 2.78. The van der Waals surface area contributed by atoms with Crippen molar-refractivity contribution in [3.05, 3.63) is 11.6 Å². The molecule has 5 fully saturated rings. The van der Waals surface area contributed by atoms with E-state index in [1.165, 1.54) is 49.0 Å². The van der Waals surface area contributed by atoms with Gasteiger partial charge in [-0.05, 0) is 76.0 Å². The summed E-state index contributed by atoms with van der Waals surface area (Å²) >= 11 is 0. The Labute approximate surface area is 150 Å². The first-order valence-corrected chi connectivity index (χ1v) is 10.2. The monoisotopic (exact) mass is 343 g/mol. The molecule has 0 radical (unpaired) electrons. The lowest BCUT2D eigenvalue weighted by Crippen LogP contribution is -2.52. The second-order valence-corrected chi connectivity index (χ2v) is 9.48. The predicted octanol–water partition coefficient (Wildman–Crippen LogP) is 3.31. The second kappa shape index (κ2) is 5.67. The number of carbonyl (C=O) groups is 2. The Balaban J connectivity index is 1.21. The number of ether oxygens (including phenoxy) is 1. The summed E-state index contributed by atoms with van der Waals surface area (Å²) in [6.07, 6.45) is 11.4. The molecule has 2 atom stereocenters. The van der Waals surface area contributed by atoms with Gasteiger partial charge in [-0.3, -0.25) is 14.5 Å². The van der Waals surface area contributed by atoms with Crippen LogP contribution in [0.3, 0.4) is 0 Å². The van der Waals surface area contributed by atoms with E-state index in [4.69, 9.17) is 4.74 Å². The highest BCUT2D eigenvalue weighted by Crippen LogP contribution is 2.57. The maximum Gasteiger partial charge on any atom is 0.233 e. The molecule has 4 saturated carbocycles. The minimum atomic E-state index is -0.115. The van der Waals surface area contributed by atoms with Gasteiger partial charge in [-0.15, -0.1) is 0 Å². The van der Waals surface area contributed by atoms with Crippen molar-refractivity contribution in [2.24, 2.45) is 29.6 Å². The van der Waals surface area contributed by atoms with Crippen LogP contribution in [0.2, 0.25) is 0 Å². The van der Waals surface area contributed by atoms with Crippen molar-refractivity contribution in [1.29, 1.82) is 0 Å². The molecular weight excluding hydrogens is 314 g/mol. The summed E-state index contributed by atoms with van der Waals surface area (Å²) in [6.45, 7) is 3.04. The lowest BCUT2D eigenvalue weighted by Gasteiger charge is -2.56. The highest BCUT2D eigenvalue weighted by Gasteiger charge is 2.52. The summed E-state index contributed by atoms with van der Waals surface area (Å²) < 4.78 is 6.42. The maximum absolute atomic E-state index is 12.7. The highest BCUT2D eigenvalue weighted by atomic mass is 16.5. The van der Waals surface area contributed by atoms with Gasteiger partial charge in [0.15, 0.2) is 0 Å². The van der Waals surface area contributed by atoms with Crippen molar-refractivity contribution >= 4 is 11.8 Å². The van der Waals surface area contributed by atoms with Crippen molar-refractivity contribution in [2.75, 3.05) is 13.2 Å². The summed E-state index contributed by atoms with van der Waals surface area (Å²) in [4.78, 5) is 26.8. The van der Waals surface area contributed by atoms with Gasteiger partial charge >= 0.3 is 0 Å². The van der Waals surface area contributed by atoms with E-state index < -0.39 is 0 Å². The second-order valence-electron chi connectivity index (χ2n) is 9.48. The number of nitrogens with zero attached hydrogens (tertiary/aromatic N) is 1. The number of allylic oxidation sites excluding steroid dienone is 2. The third-order valence-electron chi connectivity index (χ3n) is 7.62. The van der Waals surface area contributed by atoms with E-state index in [2.05, 4.69) is 13.0 Å². The molecule has 6 aliphatic rings. The molecule has 6 rings (SSSR count). The highest BCUT2D eigenvalue weighted by molar-refractivity contribution is 6.05. The number of likely N-dealkylation sites (tertiary alicyclic amines) is 1. The minimum Gasteiger partial charge on any atom is -0.373 e. The Hall–Kier alpha value is -1.16. The van der Waals surface area contributed by atoms with Gasteiger partial charge in [-0.2, -0.15) is 0 Å². The van der Waals surface area contributed by atoms with Crippen LogP contribution < -0.4 is 0 Å².